The van der Waals surface area contributed by atoms with Crippen molar-refractivity contribution in [2.45, 2.75) is 50.8 Å². The molecular weight excluding hydrogens is 288 g/mol. The summed E-state index contributed by atoms with van der Waals surface area (Å²) >= 11 is 0. The summed E-state index contributed by atoms with van der Waals surface area (Å²) in [7, 11) is 0. The highest BCUT2D eigenvalue weighted by Gasteiger charge is 2.42. The molecule has 0 unspecified atom stereocenters. The number of ether oxygens (including phenoxy) is 1. The van der Waals surface area contributed by atoms with Gasteiger partial charge in [-0.1, -0.05) is 24.3 Å². The molecule has 0 bridgehead atoms. The molecular formula is C19H26N2O2. The number of nitrogens with one attached hydrogen (secondary N) is 1. The van der Waals surface area contributed by atoms with E-state index in [2.05, 4.69) is 23.2 Å². The maximum atomic E-state index is 12.3. The smallest absolute Gasteiger partial charge is 0.224 e. The average molecular weight is 314 g/mol. The van der Waals surface area contributed by atoms with Gasteiger partial charge in [-0.2, -0.15) is 0 Å². The molecule has 1 saturated carbocycles. The number of hydrogen-bond acceptors (Lipinski definition) is 3. The van der Waals surface area contributed by atoms with E-state index < -0.39 is 0 Å². The summed E-state index contributed by atoms with van der Waals surface area (Å²) in [4.78, 5) is 14.9. The number of rotatable bonds is 4. The van der Waals surface area contributed by atoms with Gasteiger partial charge in [0.2, 0.25) is 5.91 Å². The number of benzene rings is 1. The van der Waals surface area contributed by atoms with Crippen molar-refractivity contribution in [2.75, 3.05) is 19.7 Å². The number of nitrogens with zero attached hydrogens (tertiary/aromatic N) is 1. The fourth-order valence-electron chi connectivity index (χ4n) is 4.02. The maximum absolute atomic E-state index is 12.3. The van der Waals surface area contributed by atoms with Gasteiger partial charge in [-0.3, -0.25) is 9.69 Å². The van der Waals surface area contributed by atoms with Crippen LogP contribution < -0.4 is 5.32 Å². The molecule has 2 saturated heterocycles. The van der Waals surface area contributed by atoms with E-state index in [-0.39, 0.29) is 11.9 Å². The SMILES string of the molecule is Cc1ccccc1CC(=O)N[C@H]1C[C@H]2CO[C@@H](C3CC3)CN2C1. The van der Waals surface area contributed by atoms with Crippen molar-refractivity contribution in [1.82, 2.24) is 10.2 Å². The summed E-state index contributed by atoms with van der Waals surface area (Å²) in [6.07, 6.45) is 4.61. The molecule has 4 nitrogen and oxygen atoms in total. The molecule has 0 spiro atoms. The van der Waals surface area contributed by atoms with Crippen LogP contribution in [0.25, 0.3) is 0 Å². The largest absolute Gasteiger partial charge is 0.375 e. The van der Waals surface area contributed by atoms with Crippen LogP contribution in [0.15, 0.2) is 24.3 Å². The van der Waals surface area contributed by atoms with Gasteiger partial charge >= 0.3 is 0 Å². The molecule has 1 aliphatic carbocycles. The normalized spacial score (nSPS) is 30.9. The maximum Gasteiger partial charge on any atom is 0.224 e. The van der Waals surface area contributed by atoms with Gasteiger partial charge in [0, 0.05) is 25.2 Å². The Bertz CT molecular complexity index is 584. The first-order chi connectivity index (χ1) is 11.2. The lowest BCUT2D eigenvalue weighted by Crippen LogP contribution is -2.47. The number of aryl methyl sites for hydroxylation is 1. The highest BCUT2D eigenvalue weighted by Crippen LogP contribution is 2.37. The molecule has 124 valence electrons. The monoisotopic (exact) mass is 314 g/mol. The Morgan fingerprint density at radius 3 is 2.91 bits per heavy atom. The van der Waals surface area contributed by atoms with Gasteiger partial charge in [-0.05, 0) is 43.2 Å². The van der Waals surface area contributed by atoms with Crippen molar-refractivity contribution < 1.29 is 9.53 Å². The molecule has 1 amide bonds. The molecule has 3 atom stereocenters. The van der Waals surface area contributed by atoms with Crippen molar-refractivity contribution in [1.29, 1.82) is 0 Å². The summed E-state index contributed by atoms with van der Waals surface area (Å²) in [6.45, 7) is 4.94. The van der Waals surface area contributed by atoms with Crippen LogP contribution in [0.2, 0.25) is 0 Å². The molecule has 2 aliphatic heterocycles. The van der Waals surface area contributed by atoms with Crippen molar-refractivity contribution >= 4 is 5.91 Å². The Kier molecular flexibility index (Phi) is 4.12. The van der Waals surface area contributed by atoms with Gasteiger partial charge in [0.05, 0.1) is 19.1 Å². The number of carbonyl (C=O) groups is 1. The second-order valence-electron chi connectivity index (χ2n) is 7.42. The van der Waals surface area contributed by atoms with Crippen LogP contribution in [0.3, 0.4) is 0 Å². The number of morpholine rings is 1. The quantitative estimate of drug-likeness (QED) is 0.923. The second kappa shape index (κ2) is 6.25. The summed E-state index contributed by atoms with van der Waals surface area (Å²) in [5.74, 6) is 0.939. The van der Waals surface area contributed by atoms with Crippen LogP contribution in [-0.4, -0.2) is 48.7 Å². The van der Waals surface area contributed by atoms with Gasteiger partial charge in [0.25, 0.3) is 0 Å². The standard InChI is InChI=1S/C19H26N2O2/c1-13-4-2-3-5-15(13)8-19(22)20-16-9-17-12-23-18(14-6-7-14)11-21(17)10-16/h2-5,14,16-18H,6-12H2,1H3,(H,20,22)/t16-,17-,18+/m0/s1. The third-order valence-corrected chi connectivity index (χ3v) is 5.57. The first kappa shape index (κ1) is 15.2. The molecule has 23 heavy (non-hydrogen) atoms. The Balaban J connectivity index is 1.30. The van der Waals surface area contributed by atoms with E-state index in [0.29, 0.717) is 18.6 Å². The first-order valence-corrected chi connectivity index (χ1v) is 8.88. The van der Waals surface area contributed by atoms with E-state index in [1.54, 1.807) is 0 Å². The number of fused-ring (bicyclic) bond motifs is 1. The van der Waals surface area contributed by atoms with E-state index in [0.717, 1.165) is 37.6 Å². The lowest BCUT2D eigenvalue weighted by molar-refractivity contribution is -0.121. The van der Waals surface area contributed by atoms with Crippen LogP contribution >= 0.6 is 0 Å². The van der Waals surface area contributed by atoms with Crippen LogP contribution in [-0.2, 0) is 16.0 Å². The van der Waals surface area contributed by atoms with Crippen LogP contribution in [0.1, 0.15) is 30.4 Å². The van der Waals surface area contributed by atoms with Crippen molar-refractivity contribution in [3.63, 3.8) is 0 Å². The third-order valence-electron chi connectivity index (χ3n) is 5.57. The molecule has 3 fully saturated rings. The van der Waals surface area contributed by atoms with Gasteiger partial charge in [0.1, 0.15) is 0 Å². The Morgan fingerprint density at radius 2 is 2.13 bits per heavy atom. The number of amides is 1. The minimum atomic E-state index is 0.142. The first-order valence-electron chi connectivity index (χ1n) is 8.88. The van der Waals surface area contributed by atoms with E-state index in [4.69, 9.17) is 4.74 Å². The third kappa shape index (κ3) is 3.43. The van der Waals surface area contributed by atoms with E-state index in [1.165, 1.54) is 18.4 Å². The lowest BCUT2D eigenvalue weighted by atomic mass is 10.1. The molecule has 1 aromatic carbocycles. The predicted octanol–water partition coefficient (Wildman–Crippen LogP) is 1.91. The zero-order valence-electron chi connectivity index (χ0n) is 13.8. The highest BCUT2D eigenvalue weighted by molar-refractivity contribution is 5.79. The Morgan fingerprint density at radius 1 is 1.30 bits per heavy atom. The van der Waals surface area contributed by atoms with Gasteiger partial charge < -0.3 is 10.1 Å². The van der Waals surface area contributed by atoms with Crippen molar-refractivity contribution in [3.05, 3.63) is 35.4 Å². The molecule has 1 N–H and O–H groups in total. The van der Waals surface area contributed by atoms with Crippen molar-refractivity contribution in [2.24, 2.45) is 5.92 Å². The highest BCUT2D eigenvalue weighted by atomic mass is 16.5. The summed E-state index contributed by atoms with van der Waals surface area (Å²) in [5.41, 5.74) is 2.31. The molecule has 3 aliphatic rings. The van der Waals surface area contributed by atoms with Crippen LogP contribution in [0, 0.1) is 12.8 Å². The predicted molar refractivity (Wildman–Crippen MR) is 89.3 cm³/mol. The molecule has 1 aromatic rings. The lowest BCUT2D eigenvalue weighted by Gasteiger charge is -2.35. The molecule has 4 rings (SSSR count). The van der Waals surface area contributed by atoms with Crippen LogP contribution in [0.5, 0.6) is 0 Å². The van der Waals surface area contributed by atoms with Gasteiger partial charge in [-0.25, -0.2) is 0 Å². The van der Waals surface area contributed by atoms with Crippen LogP contribution in [0.4, 0.5) is 0 Å². The second-order valence-corrected chi connectivity index (χ2v) is 7.42. The zero-order chi connectivity index (χ0) is 15.8. The minimum absolute atomic E-state index is 0.142. The minimum Gasteiger partial charge on any atom is -0.375 e. The number of carbonyl (C=O) groups excluding carboxylic acids is 1. The summed E-state index contributed by atoms with van der Waals surface area (Å²) in [6, 6.07) is 8.89. The number of hydrogen-bond donors (Lipinski definition) is 1. The molecule has 4 heteroatoms. The molecule has 2 heterocycles. The van der Waals surface area contributed by atoms with Crippen molar-refractivity contribution in [3.8, 4) is 0 Å². The Hall–Kier alpha value is -1.39. The average Bonchev–Trinajstić information content (AvgIpc) is 3.30. The summed E-state index contributed by atoms with van der Waals surface area (Å²) in [5, 5.41) is 3.23. The fraction of sp³-hybridized carbons (Fsp3) is 0.632. The molecule has 0 aromatic heterocycles. The Labute approximate surface area is 138 Å². The summed E-state index contributed by atoms with van der Waals surface area (Å²) < 4.78 is 6.03. The topological polar surface area (TPSA) is 41.6 Å². The molecule has 0 radical (unpaired) electrons. The van der Waals surface area contributed by atoms with E-state index >= 15 is 0 Å². The van der Waals surface area contributed by atoms with E-state index in [1.807, 2.05) is 18.2 Å². The van der Waals surface area contributed by atoms with Gasteiger partial charge in [0.15, 0.2) is 0 Å². The fourth-order valence-corrected chi connectivity index (χ4v) is 4.02. The van der Waals surface area contributed by atoms with E-state index in [9.17, 15) is 4.79 Å². The van der Waals surface area contributed by atoms with Gasteiger partial charge in [-0.15, -0.1) is 0 Å². The zero-order valence-corrected chi connectivity index (χ0v) is 13.8.